The van der Waals surface area contributed by atoms with Gasteiger partial charge in [0.1, 0.15) is 11.3 Å². The van der Waals surface area contributed by atoms with Crippen LogP contribution in [0.1, 0.15) is 31.8 Å². The number of carbonyl (C=O) groups is 2. The van der Waals surface area contributed by atoms with E-state index in [1.165, 1.54) is 47.7 Å². The van der Waals surface area contributed by atoms with Crippen molar-refractivity contribution in [1.82, 2.24) is 0 Å². The van der Waals surface area contributed by atoms with E-state index < -0.39 is 17.7 Å². The Morgan fingerprint density at radius 2 is 1.20 bits per heavy atom. The van der Waals surface area contributed by atoms with E-state index >= 15 is 0 Å². The van der Waals surface area contributed by atoms with Gasteiger partial charge >= 0.3 is 11.9 Å². The Kier molecular flexibility index (Phi) is 7.25. The van der Waals surface area contributed by atoms with Gasteiger partial charge in [-0.1, -0.05) is 18.2 Å². The highest BCUT2D eigenvalue weighted by Gasteiger charge is 2.12. The van der Waals surface area contributed by atoms with E-state index in [-0.39, 0.29) is 16.8 Å². The van der Waals surface area contributed by atoms with Gasteiger partial charge < -0.3 is 26.8 Å². The predicted molar refractivity (Wildman–Crippen MR) is 133 cm³/mol. The van der Waals surface area contributed by atoms with Crippen LogP contribution in [0.25, 0.3) is 11.4 Å². The van der Waals surface area contributed by atoms with Crippen molar-refractivity contribution in [2.75, 3.05) is 10.0 Å². The summed E-state index contributed by atoms with van der Waals surface area (Å²) in [5.41, 5.74) is 14.9. The molecule has 11 N–H and O–H groups in total. The Hall–Kier alpha value is -5.00. The molecule has 0 atom stereocenters. The molecule has 3 aromatic rings. The van der Waals surface area contributed by atoms with Crippen LogP contribution < -0.4 is 33.2 Å². The third-order valence-corrected chi connectivity index (χ3v) is 5.01. The maximum absolute atomic E-state index is 11.1. The largest absolute Gasteiger partial charge is 0.507 e. The Bertz CT molecular complexity index is 1320. The molecule has 0 aliphatic heterocycles. The first kappa shape index (κ1) is 24.6. The third kappa shape index (κ3) is 5.87. The highest BCUT2D eigenvalue weighted by atomic mass is 16.4. The summed E-state index contributed by atoms with van der Waals surface area (Å²) < 4.78 is 0. The van der Waals surface area contributed by atoms with Crippen LogP contribution in [0.2, 0.25) is 0 Å². The van der Waals surface area contributed by atoms with E-state index in [1.807, 2.05) is 0 Å². The number of aromatic hydroxyl groups is 1. The molecule has 0 bridgehead atoms. The molecular formula is C24H24N6O5. The second-order valence-corrected chi connectivity index (χ2v) is 7.42. The molecule has 0 aliphatic carbocycles. The van der Waals surface area contributed by atoms with Crippen LogP contribution in [0.3, 0.4) is 0 Å². The summed E-state index contributed by atoms with van der Waals surface area (Å²) in [6.07, 6.45) is 2.89. The maximum atomic E-state index is 11.1. The Labute approximate surface area is 200 Å². The molecule has 3 rings (SSSR count). The zero-order chi connectivity index (χ0) is 25.7. The quantitative estimate of drug-likeness (QED) is 0.185. The summed E-state index contributed by atoms with van der Waals surface area (Å²) in [5.74, 6) is 9.32. The number of carboxylic acids is 2. The number of rotatable bonds is 8. The lowest BCUT2D eigenvalue weighted by molar-refractivity contribution is 0.0684. The molecule has 3 aromatic carbocycles. The van der Waals surface area contributed by atoms with Gasteiger partial charge in [-0.3, -0.25) is 10.0 Å². The SMILES string of the molecule is N/C(=C\N(N)c1ccc(C(=O)O)cc1)c1cccc(/C(N)=C/N(N)c2ccc(C(=O)O)c(O)c2)c1. The van der Waals surface area contributed by atoms with Crippen LogP contribution in [0.5, 0.6) is 5.75 Å². The van der Waals surface area contributed by atoms with Crippen molar-refractivity contribution in [3.63, 3.8) is 0 Å². The monoisotopic (exact) mass is 476 g/mol. The Balaban J connectivity index is 1.80. The lowest BCUT2D eigenvalue weighted by Gasteiger charge is -2.17. The number of hydrogen-bond donors (Lipinski definition) is 7. The van der Waals surface area contributed by atoms with Gasteiger partial charge in [-0.25, -0.2) is 21.3 Å². The minimum atomic E-state index is -1.26. The van der Waals surface area contributed by atoms with Crippen molar-refractivity contribution in [3.05, 3.63) is 101 Å². The van der Waals surface area contributed by atoms with Crippen LogP contribution in [0, 0.1) is 0 Å². The lowest BCUT2D eigenvalue weighted by Crippen LogP contribution is -2.26. The molecule has 0 radical (unpaired) electrons. The molecule has 35 heavy (non-hydrogen) atoms. The number of carboxylic acid groups (broad SMARTS) is 2. The number of nitrogens with zero attached hydrogens (tertiary/aromatic N) is 2. The molecule has 0 spiro atoms. The summed E-state index contributed by atoms with van der Waals surface area (Å²) >= 11 is 0. The molecule has 0 amide bonds. The number of aromatic carboxylic acids is 2. The highest BCUT2D eigenvalue weighted by Crippen LogP contribution is 2.25. The topological polar surface area (TPSA) is 205 Å². The van der Waals surface area contributed by atoms with Gasteiger partial charge in [0, 0.05) is 18.5 Å². The molecule has 0 fully saturated rings. The fourth-order valence-electron chi connectivity index (χ4n) is 3.11. The number of benzene rings is 3. The van der Waals surface area contributed by atoms with Gasteiger partial charge in [0.15, 0.2) is 0 Å². The van der Waals surface area contributed by atoms with Crippen molar-refractivity contribution in [2.45, 2.75) is 0 Å². The summed E-state index contributed by atoms with van der Waals surface area (Å²) in [4.78, 5) is 22.1. The van der Waals surface area contributed by atoms with Crippen LogP contribution in [0.15, 0.2) is 79.1 Å². The molecule has 180 valence electrons. The molecule has 0 unspecified atom stereocenters. The van der Waals surface area contributed by atoms with Crippen LogP contribution in [0.4, 0.5) is 11.4 Å². The molecule has 0 saturated heterocycles. The highest BCUT2D eigenvalue weighted by molar-refractivity contribution is 5.91. The molecule has 0 heterocycles. The van der Waals surface area contributed by atoms with Gasteiger partial charge in [-0.2, -0.15) is 0 Å². The van der Waals surface area contributed by atoms with Crippen molar-refractivity contribution in [1.29, 1.82) is 0 Å². The first-order valence-corrected chi connectivity index (χ1v) is 10.1. The summed E-state index contributed by atoms with van der Waals surface area (Å²) in [6, 6.07) is 16.8. The fourth-order valence-corrected chi connectivity index (χ4v) is 3.11. The van der Waals surface area contributed by atoms with Gasteiger partial charge in [-0.05, 0) is 53.6 Å². The van der Waals surface area contributed by atoms with E-state index in [9.17, 15) is 14.7 Å². The molecule has 11 nitrogen and oxygen atoms in total. The minimum Gasteiger partial charge on any atom is -0.507 e. The van der Waals surface area contributed by atoms with E-state index in [4.69, 9.17) is 33.4 Å². The molecule has 0 saturated carbocycles. The second-order valence-electron chi connectivity index (χ2n) is 7.42. The number of hydrogen-bond acceptors (Lipinski definition) is 9. The van der Waals surface area contributed by atoms with Crippen molar-refractivity contribution in [3.8, 4) is 5.75 Å². The summed E-state index contributed by atoms with van der Waals surface area (Å²) in [5, 5.41) is 30.3. The van der Waals surface area contributed by atoms with Gasteiger partial charge in [-0.15, -0.1) is 0 Å². The predicted octanol–water partition coefficient (Wildman–Crippen LogP) is 2.06. The Morgan fingerprint density at radius 1 is 0.686 bits per heavy atom. The second kappa shape index (κ2) is 10.3. The standard InChI is InChI=1S/C24H24N6O5/c25-20(12-29(27)17-6-4-14(5-7-17)23(32)33)15-2-1-3-16(10-15)21(26)13-30(28)18-8-9-19(24(34)35)22(31)11-18/h1-13,31H,25-28H2,(H,32,33)(H,34,35)/b20-12-,21-13-. The van der Waals surface area contributed by atoms with Crippen LogP contribution in [-0.2, 0) is 0 Å². The normalized spacial score (nSPS) is 11.7. The first-order chi connectivity index (χ1) is 16.6. The zero-order valence-electron chi connectivity index (χ0n) is 18.4. The van der Waals surface area contributed by atoms with Gasteiger partial charge in [0.05, 0.1) is 28.3 Å². The van der Waals surface area contributed by atoms with E-state index in [2.05, 4.69) is 0 Å². The Morgan fingerprint density at radius 3 is 1.69 bits per heavy atom. The van der Waals surface area contributed by atoms with Crippen LogP contribution in [-0.4, -0.2) is 27.3 Å². The average molecular weight is 476 g/mol. The zero-order valence-corrected chi connectivity index (χ0v) is 18.4. The summed E-state index contributed by atoms with van der Waals surface area (Å²) in [6.45, 7) is 0. The fraction of sp³-hybridized carbons (Fsp3) is 0. The van der Waals surface area contributed by atoms with Crippen molar-refractivity contribution >= 4 is 34.7 Å². The smallest absolute Gasteiger partial charge is 0.339 e. The number of phenols is 1. The average Bonchev–Trinajstić information content (AvgIpc) is 2.83. The third-order valence-electron chi connectivity index (χ3n) is 5.01. The molecule has 0 aliphatic rings. The molecule has 11 heteroatoms. The number of nitrogens with two attached hydrogens (primary N) is 4. The van der Waals surface area contributed by atoms with Crippen molar-refractivity contribution in [2.24, 2.45) is 23.2 Å². The maximum Gasteiger partial charge on any atom is 0.339 e. The number of anilines is 2. The van der Waals surface area contributed by atoms with Crippen molar-refractivity contribution < 1.29 is 24.9 Å². The van der Waals surface area contributed by atoms with E-state index in [1.54, 1.807) is 36.4 Å². The molecular weight excluding hydrogens is 452 g/mol. The van der Waals surface area contributed by atoms with Gasteiger partial charge in [0.25, 0.3) is 0 Å². The first-order valence-electron chi connectivity index (χ1n) is 10.1. The van der Waals surface area contributed by atoms with Crippen LogP contribution >= 0.6 is 0 Å². The summed E-state index contributed by atoms with van der Waals surface area (Å²) in [7, 11) is 0. The molecule has 0 aromatic heterocycles. The minimum absolute atomic E-state index is 0.135. The van der Waals surface area contributed by atoms with E-state index in [0.29, 0.717) is 28.2 Å². The van der Waals surface area contributed by atoms with Gasteiger partial charge in [0.2, 0.25) is 0 Å². The number of hydrazine groups is 2. The lowest BCUT2D eigenvalue weighted by atomic mass is 10.1. The van der Waals surface area contributed by atoms with E-state index in [0.717, 1.165) is 5.01 Å².